The van der Waals surface area contributed by atoms with Gasteiger partial charge in [-0.1, -0.05) is 32.0 Å². The summed E-state index contributed by atoms with van der Waals surface area (Å²) in [7, 11) is 0. The number of aryl methyl sites for hydroxylation is 1. The monoisotopic (exact) mass is 233 g/mol. The number of primary amides is 1. The van der Waals surface area contributed by atoms with Gasteiger partial charge in [-0.15, -0.1) is 0 Å². The average Bonchev–Trinajstić information content (AvgIpc) is 2.18. The molecule has 1 heterocycles. The second-order valence-electron chi connectivity index (χ2n) is 5.17. The van der Waals surface area contributed by atoms with Gasteiger partial charge in [0.2, 0.25) is 5.91 Å². The minimum Gasteiger partial charge on any atom is -0.378 e. The zero-order chi connectivity index (χ0) is 12.6. The Morgan fingerprint density at radius 3 is 2.47 bits per heavy atom. The third kappa shape index (κ3) is 1.84. The number of nitrogens with two attached hydrogens (primary N) is 1. The fourth-order valence-corrected chi connectivity index (χ4v) is 2.25. The first-order chi connectivity index (χ1) is 7.97. The van der Waals surface area contributed by atoms with Crippen molar-refractivity contribution >= 4 is 5.91 Å². The Morgan fingerprint density at radius 1 is 1.41 bits per heavy atom. The van der Waals surface area contributed by atoms with Gasteiger partial charge < -0.3 is 10.5 Å². The molecule has 0 unspecified atom stereocenters. The SMILES string of the molecule is Cc1ccc(C(C)C)cc1C1(C(N)=O)COC1. The van der Waals surface area contributed by atoms with Crippen molar-refractivity contribution in [2.45, 2.75) is 32.1 Å². The van der Waals surface area contributed by atoms with Gasteiger partial charge in [0.15, 0.2) is 0 Å². The van der Waals surface area contributed by atoms with Crippen LogP contribution in [-0.4, -0.2) is 19.1 Å². The van der Waals surface area contributed by atoms with E-state index in [4.69, 9.17) is 10.5 Å². The Bertz CT molecular complexity index is 448. The number of carbonyl (C=O) groups excluding carboxylic acids is 1. The van der Waals surface area contributed by atoms with E-state index < -0.39 is 5.41 Å². The standard InChI is InChI=1S/C14H19NO2/c1-9(2)11-5-4-10(3)12(6-11)14(13(15)16)7-17-8-14/h4-6,9H,7-8H2,1-3H3,(H2,15,16). The van der Waals surface area contributed by atoms with E-state index in [2.05, 4.69) is 32.0 Å². The molecule has 0 bridgehead atoms. The molecular formula is C14H19NO2. The van der Waals surface area contributed by atoms with E-state index >= 15 is 0 Å². The first-order valence-electron chi connectivity index (χ1n) is 5.96. The predicted octanol–water partition coefficient (Wildman–Crippen LogP) is 1.87. The number of rotatable bonds is 3. The van der Waals surface area contributed by atoms with Crippen LogP contribution in [0.15, 0.2) is 18.2 Å². The van der Waals surface area contributed by atoms with Crippen LogP contribution >= 0.6 is 0 Å². The molecule has 1 saturated heterocycles. The van der Waals surface area contributed by atoms with Gasteiger partial charge in [0.05, 0.1) is 13.2 Å². The Kier molecular flexibility index (Phi) is 2.96. The molecule has 3 nitrogen and oxygen atoms in total. The first kappa shape index (κ1) is 12.1. The van der Waals surface area contributed by atoms with E-state index in [1.807, 2.05) is 6.92 Å². The lowest BCUT2D eigenvalue weighted by atomic mass is 9.75. The first-order valence-corrected chi connectivity index (χ1v) is 5.96. The Hall–Kier alpha value is -1.35. The maximum atomic E-state index is 11.7. The molecular weight excluding hydrogens is 214 g/mol. The molecule has 3 heteroatoms. The molecule has 1 fully saturated rings. The summed E-state index contributed by atoms with van der Waals surface area (Å²) in [5.74, 6) is 0.160. The molecule has 0 radical (unpaired) electrons. The number of amides is 1. The molecule has 1 aromatic carbocycles. The van der Waals surface area contributed by atoms with Crippen LogP contribution in [0.3, 0.4) is 0 Å². The molecule has 1 aliphatic rings. The molecule has 2 N–H and O–H groups in total. The van der Waals surface area contributed by atoms with Crippen LogP contribution in [0.4, 0.5) is 0 Å². The Labute approximate surface area is 102 Å². The van der Waals surface area contributed by atoms with Crippen molar-refractivity contribution in [2.75, 3.05) is 13.2 Å². The summed E-state index contributed by atoms with van der Waals surface area (Å²) in [6, 6.07) is 6.28. The lowest BCUT2D eigenvalue weighted by Gasteiger charge is -2.40. The van der Waals surface area contributed by atoms with Crippen molar-refractivity contribution < 1.29 is 9.53 Å². The number of carbonyl (C=O) groups is 1. The lowest BCUT2D eigenvalue weighted by molar-refractivity contribution is -0.141. The summed E-state index contributed by atoms with van der Waals surface area (Å²) in [5, 5.41) is 0. The van der Waals surface area contributed by atoms with Gasteiger partial charge in [0.1, 0.15) is 5.41 Å². The van der Waals surface area contributed by atoms with Gasteiger partial charge >= 0.3 is 0 Å². The highest BCUT2D eigenvalue weighted by Crippen LogP contribution is 2.35. The van der Waals surface area contributed by atoms with Gasteiger partial charge in [-0.25, -0.2) is 0 Å². The van der Waals surface area contributed by atoms with Crippen molar-refractivity contribution in [3.05, 3.63) is 34.9 Å². The molecule has 0 aromatic heterocycles. The fourth-order valence-electron chi connectivity index (χ4n) is 2.25. The van der Waals surface area contributed by atoms with Gasteiger partial charge in [-0.05, 0) is 29.5 Å². The number of hydrogen-bond donors (Lipinski definition) is 1. The zero-order valence-corrected chi connectivity index (χ0v) is 10.6. The lowest BCUT2D eigenvalue weighted by Crippen LogP contribution is -2.56. The van der Waals surface area contributed by atoms with Gasteiger partial charge in [-0.3, -0.25) is 4.79 Å². The van der Waals surface area contributed by atoms with E-state index in [1.165, 1.54) is 5.56 Å². The second-order valence-corrected chi connectivity index (χ2v) is 5.17. The van der Waals surface area contributed by atoms with Crippen molar-refractivity contribution in [1.29, 1.82) is 0 Å². The largest absolute Gasteiger partial charge is 0.378 e. The Morgan fingerprint density at radius 2 is 2.06 bits per heavy atom. The van der Waals surface area contributed by atoms with Gasteiger partial charge in [-0.2, -0.15) is 0 Å². The second kappa shape index (κ2) is 4.15. The minimum atomic E-state index is -0.602. The summed E-state index contributed by atoms with van der Waals surface area (Å²) >= 11 is 0. The van der Waals surface area contributed by atoms with E-state index in [0.717, 1.165) is 11.1 Å². The van der Waals surface area contributed by atoms with Crippen LogP contribution in [0.25, 0.3) is 0 Å². The van der Waals surface area contributed by atoms with Crippen LogP contribution < -0.4 is 5.73 Å². The number of hydrogen-bond acceptors (Lipinski definition) is 2. The van der Waals surface area contributed by atoms with Gasteiger partial charge in [0, 0.05) is 0 Å². The van der Waals surface area contributed by atoms with Crippen molar-refractivity contribution in [3.8, 4) is 0 Å². The summed E-state index contributed by atoms with van der Waals surface area (Å²) < 4.78 is 5.21. The van der Waals surface area contributed by atoms with E-state index in [0.29, 0.717) is 19.1 Å². The molecule has 0 aliphatic carbocycles. The third-order valence-corrected chi connectivity index (χ3v) is 3.61. The van der Waals surface area contributed by atoms with Crippen molar-refractivity contribution in [1.82, 2.24) is 0 Å². The van der Waals surface area contributed by atoms with Crippen LogP contribution in [0.1, 0.15) is 36.5 Å². The van der Waals surface area contributed by atoms with Crippen LogP contribution in [-0.2, 0) is 14.9 Å². The quantitative estimate of drug-likeness (QED) is 0.866. The van der Waals surface area contributed by atoms with Crippen LogP contribution in [0.5, 0.6) is 0 Å². The highest BCUT2D eigenvalue weighted by molar-refractivity contribution is 5.88. The summed E-state index contributed by atoms with van der Waals surface area (Å²) in [6.45, 7) is 7.11. The van der Waals surface area contributed by atoms with Crippen LogP contribution in [0.2, 0.25) is 0 Å². The normalized spacial score (nSPS) is 17.9. The fraction of sp³-hybridized carbons (Fsp3) is 0.500. The Balaban J connectivity index is 2.50. The number of benzene rings is 1. The highest BCUT2D eigenvalue weighted by Gasteiger charge is 2.47. The molecule has 17 heavy (non-hydrogen) atoms. The van der Waals surface area contributed by atoms with E-state index in [1.54, 1.807) is 0 Å². The molecule has 92 valence electrons. The summed E-state index contributed by atoms with van der Waals surface area (Å²) in [6.07, 6.45) is 0. The maximum absolute atomic E-state index is 11.7. The zero-order valence-electron chi connectivity index (χ0n) is 10.6. The highest BCUT2D eigenvalue weighted by atomic mass is 16.5. The topological polar surface area (TPSA) is 52.3 Å². The van der Waals surface area contributed by atoms with Crippen molar-refractivity contribution in [3.63, 3.8) is 0 Å². The predicted molar refractivity (Wildman–Crippen MR) is 67.0 cm³/mol. The summed E-state index contributed by atoms with van der Waals surface area (Å²) in [5.41, 5.74) is 8.31. The smallest absolute Gasteiger partial charge is 0.232 e. The molecule has 1 amide bonds. The summed E-state index contributed by atoms with van der Waals surface area (Å²) in [4.78, 5) is 11.7. The number of ether oxygens (including phenoxy) is 1. The molecule has 1 aromatic rings. The van der Waals surface area contributed by atoms with Crippen LogP contribution in [0, 0.1) is 6.92 Å². The molecule has 2 rings (SSSR count). The molecule has 1 aliphatic heterocycles. The molecule has 0 spiro atoms. The van der Waals surface area contributed by atoms with Crippen molar-refractivity contribution in [2.24, 2.45) is 5.73 Å². The minimum absolute atomic E-state index is 0.284. The molecule has 0 atom stereocenters. The third-order valence-electron chi connectivity index (χ3n) is 3.61. The maximum Gasteiger partial charge on any atom is 0.232 e. The average molecular weight is 233 g/mol. The van der Waals surface area contributed by atoms with Gasteiger partial charge in [0.25, 0.3) is 0 Å². The van der Waals surface area contributed by atoms with E-state index in [-0.39, 0.29) is 5.91 Å². The van der Waals surface area contributed by atoms with E-state index in [9.17, 15) is 4.79 Å². The molecule has 0 saturated carbocycles.